The molecule has 1 aliphatic carbocycles. The molecule has 2 atom stereocenters. The Morgan fingerprint density at radius 1 is 0.985 bits per heavy atom. The zero-order valence-corrected chi connectivity index (χ0v) is 36.1. The van der Waals surface area contributed by atoms with Gasteiger partial charge in [0.1, 0.15) is 23.3 Å². The van der Waals surface area contributed by atoms with Gasteiger partial charge < -0.3 is 35.2 Å². The fraction of sp³-hybridized carbons (Fsp3) is 0.500. The summed E-state index contributed by atoms with van der Waals surface area (Å²) < 4.78 is 57.3. The van der Waals surface area contributed by atoms with Crippen molar-refractivity contribution in [3.63, 3.8) is 0 Å². The summed E-state index contributed by atoms with van der Waals surface area (Å²) in [5.41, 5.74) is 0.749. The first-order valence-corrected chi connectivity index (χ1v) is 21.9. The molecular formula is C44H51F3N10O8. The van der Waals surface area contributed by atoms with Crippen LogP contribution in [0.4, 0.5) is 42.0 Å². The van der Waals surface area contributed by atoms with Crippen molar-refractivity contribution in [1.29, 1.82) is 0 Å². The first kappa shape index (κ1) is 45.2. The van der Waals surface area contributed by atoms with Crippen LogP contribution in [0.2, 0.25) is 0 Å². The highest BCUT2D eigenvalue weighted by atomic mass is 19.3. The molecule has 65 heavy (non-hydrogen) atoms. The summed E-state index contributed by atoms with van der Waals surface area (Å²) in [6.07, 6.45) is 7.15. The molecule has 4 N–H and O–H groups in total. The number of anilines is 5. The lowest BCUT2D eigenvalue weighted by molar-refractivity contribution is -0.140. The second-order valence-corrected chi connectivity index (χ2v) is 16.8. The highest BCUT2D eigenvalue weighted by Gasteiger charge is 2.49. The molecule has 21 heteroatoms. The number of ether oxygens (including phenoxy) is 2. The number of nitrogens with zero attached hydrogens (tertiary/aromatic N) is 6. The van der Waals surface area contributed by atoms with Crippen molar-refractivity contribution >= 4 is 64.3 Å². The van der Waals surface area contributed by atoms with Crippen LogP contribution in [-0.2, 0) is 19.1 Å². The molecule has 2 saturated heterocycles. The summed E-state index contributed by atoms with van der Waals surface area (Å²) in [5.74, 6) is -8.58. The van der Waals surface area contributed by atoms with Crippen LogP contribution in [0, 0.1) is 5.82 Å². The number of likely N-dealkylation sites (tertiary alicyclic amines) is 1. The molecule has 0 radical (unpaired) electrons. The number of halogens is 3. The number of fused-ring (bicyclic) bond motifs is 2. The van der Waals surface area contributed by atoms with Crippen LogP contribution in [0.1, 0.15) is 88.9 Å². The Hall–Kier alpha value is -6.35. The molecule has 0 bridgehead atoms. The zero-order chi connectivity index (χ0) is 46.0. The molecule has 1 aromatic heterocycles. The van der Waals surface area contributed by atoms with Crippen molar-refractivity contribution in [1.82, 2.24) is 30.4 Å². The summed E-state index contributed by atoms with van der Waals surface area (Å²) in [6, 6.07) is 5.85. The van der Waals surface area contributed by atoms with Crippen LogP contribution in [-0.4, -0.2) is 139 Å². The van der Waals surface area contributed by atoms with Gasteiger partial charge in [0.2, 0.25) is 17.8 Å². The molecule has 2 unspecified atom stereocenters. The van der Waals surface area contributed by atoms with E-state index in [1.165, 1.54) is 37.4 Å². The van der Waals surface area contributed by atoms with Crippen molar-refractivity contribution in [3.8, 4) is 5.75 Å². The van der Waals surface area contributed by atoms with Crippen LogP contribution in [0.15, 0.2) is 36.5 Å². The molecule has 3 aromatic rings. The highest BCUT2D eigenvalue weighted by molar-refractivity contribution is 6.25. The van der Waals surface area contributed by atoms with Crippen LogP contribution >= 0.6 is 0 Å². The average molecular weight is 905 g/mol. The molecule has 1 saturated carbocycles. The fourth-order valence-corrected chi connectivity index (χ4v) is 9.31. The van der Waals surface area contributed by atoms with E-state index < -0.39 is 59.8 Å². The Morgan fingerprint density at radius 3 is 2.54 bits per heavy atom. The van der Waals surface area contributed by atoms with Gasteiger partial charge in [-0.1, -0.05) is 25.3 Å². The number of aromatic nitrogens is 2. The van der Waals surface area contributed by atoms with E-state index in [4.69, 9.17) is 9.47 Å². The Labute approximate surface area is 372 Å². The Kier molecular flexibility index (Phi) is 13.2. The van der Waals surface area contributed by atoms with Crippen LogP contribution in [0.5, 0.6) is 5.75 Å². The average Bonchev–Trinajstić information content (AvgIpc) is 3.90. The molecule has 0 spiro atoms. The summed E-state index contributed by atoms with van der Waals surface area (Å²) in [5, 5.41) is 11.1. The van der Waals surface area contributed by atoms with Crippen LogP contribution in [0.3, 0.4) is 0 Å². The molecular weight excluding hydrogens is 854 g/mol. The van der Waals surface area contributed by atoms with Gasteiger partial charge in [-0.15, -0.1) is 0 Å². The topological polar surface area (TPSA) is 208 Å². The van der Waals surface area contributed by atoms with E-state index in [9.17, 15) is 28.8 Å². The lowest BCUT2D eigenvalue weighted by atomic mass is 10.0. The number of carbonyl (C=O) groups excluding carboxylic acids is 6. The standard InChI is InChI=1S/C44H51F3N10O8/c1-54-33-23-50-43(53-37(33)56(25-8-3-4-9-25)24-44(46,47)42(54)63)51-31-21-29(45)28(20-34(31)64-2)38(59)49-22-26-10-5-6-16-55(26)17-19-65-18-15-48-30-12-7-11-27-36(30)41(62)57(40(27)61)32-13-14-35(58)52-39(32)60/h7,11-12,20-21,23,25-26,32,48H,3-6,8-10,13-19,22,24H2,1-2H3,(H,49,59)(H,50,51,53)(H,52,58,60). The van der Waals surface area contributed by atoms with E-state index in [2.05, 4.69) is 36.1 Å². The molecule has 18 nitrogen and oxygen atoms in total. The van der Waals surface area contributed by atoms with Crippen molar-refractivity contribution in [2.45, 2.75) is 81.8 Å². The maximum atomic E-state index is 15.7. The van der Waals surface area contributed by atoms with Crippen LogP contribution in [0.25, 0.3) is 0 Å². The summed E-state index contributed by atoms with van der Waals surface area (Å²) in [7, 11) is 2.61. The Balaban J connectivity index is 0.840. The summed E-state index contributed by atoms with van der Waals surface area (Å²) >= 11 is 0. The smallest absolute Gasteiger partial charge is 0.342 e. The van der Waals surface area contributed by atoms with Crippen molar-refractivity contribution in [3.05, 3.63) is 59.0 Å². The molecule has 4 aliphatic heterocycles. The number of benzene rings is 2. The van der Waals surface area contributed by atoms with Gasteiger partial charge in [0, 0.05) is 56.9 Å². The molecule has 3 fully saturated rings. The number of methoxy groups -OCH3 is 1. The van der Waals surface area contributed by atoms with E-state index in [0.29, 0.717) is 38.2 Å². The Morgan fingerprint density at radius 2 is 1.77 bits per heavy atom. The van der Waals surface area contributed by atoms with Crippen molar-refractivity contribution < 1.29 is 51.4 Å². The van der Waals surface area contributed by atoms with E-state index in [1.54, 1.807) is 12.1 Å². The van der Waals surface area contributed by atoms with E-state index in [0.717, 1.165) is 54.5 Å². The minimum atomic E-state index is -3.65. The second-order valence-electron chi connectivity index (χ2n) is 16.8. The third kappa shape index (κ3) is 9.29. The maximum Gasteiger partial charge on any atom is 0.342 e. The predicted octanol–water partition coefficient (Wildman–Crippen LogP) is 3.84. The SMILES string of the molecule is COc1cc(C(=O)NCC2CCCCN2CCOCCNc2cccc3c2C(=O)N(C2CCC(=O)NC2=O)C3=O)c(F)cc1Nc1ncc2c(n1)N(C1CCCC1)CC(F)(F)C(=O)N2C. The van der Waals surface area contributed by atoms with Gasteiger partial charge in [-0.3, -0.25) is 43.9 Å². The van der Waals surface area contributed by atoms with Gasteiger partial charge in [-0.25, -0.2) is 9.37 Å². The van der Waals surface area contributed by atoms with Gasteiger partial charge in [0.05, 0.1) is 55.4 Å². The molecule has 5 aliphatic rings. The van der Waals surface area contributed by atoms with Gasteiger partial charge in [0.15, 0.2) is 5.82 Å². The van der Waals surface area contributed by atoms with E-state index in [-0.39, 0.29) is 83.7 Å². The quantitative estimate of drug-likeness (QED) is 0.126. The number of rotatable bonds is 15. The minimum absolute atomic E-state index is 0.0283. The molecule has 6 amide bonds. The number of nitrogens with one attached hydrogen (secondary N) is 4. The number of carbonyl (C=O) groups is 6. The number of alkyl halides is 2. The second kappa shape index (κ2) is 19.0. The number of amides is 6. The summed E-state index contributed by atoms with van der Waals surface area (Å²) in [6.45, 7) is 1.73. The third-order valence-corrected chi connectivity index (χ3v) is 12.7. The van der Waals surface area contributed by atoms with E-state index >= 15 is 13.2 Å². The first-order chi connectivity index (χ1) is 31.2. The largest absolute Gasteiger partial charge is 0.495 e. The number of hydrogen-bond donors (Lipinski definition) is 4. The summed E-state index contributed by atoms with van der Waals surface area (Å²) in [4.78, 5) is 91.0. The molecule has 8 rings (SSSR count). The molecule has 5 heterocycles. The minimum Gasteiger partial charge on any atom is -0.495 e. The first-order valence-electron chi connectivity index (χ1n) is 21.9. The van der Waals surface area contributed by atoms with Gasteiger partial charge in [0.25, 0.3) is 23.6 Å². The van der Waals surface area contributed by atoms with E-state index in [1.807, 2.05) is 0 Å². The monoisotopic (exact) mass is 904 g/mol. The number of imide groups is 2. The van der Waals surface area contributed by atoms with Crippen molar-refractivity contribution in [2.75, 3.05) is 80.5 Å². The lowest BCUT2D eigenvalue weighted by Crippen LogP contribution is -2.54. The van der Waals surface area contributed by atoms with Crippen LogP contribution < -0.4 is 35.8 Å². The molecule has 346 valence electrons. The third-order valence-electron chi connectivity index (χ3n) is 12.7. The normalized spacial score (nSPS) is 21.2. The lowest BCUT2D eigenvalue weighted by Gasteiger charge is -2.35. The molecule has 2 aromatic carbocycles. The van der Waals surface area contributed by atoms with Gasteiger partial charge >= 0.3 is 5.92 Å². The van der Waals surface area contributed by atoms with Gasteiger partial charge in [-0.2, -0.15) is 13.8 Å². The Bertz CT molecular complexity index is 2380. The van der Waals surface area contributed by atoms with Crippen molar-refractivity contribution in [2.24, 2.45) is 0 Å². The number of piperidine rings is 2. The maximum absolute atomic E-state index is 15.7. The number of hydrogen-bond acceptors (Lipinski definition) is 14. The zero-order valence-electron chi connectivity index (χ0n) is 36.1. The highest BCUT2D eigenvalue weighted by Crippen LogP contribution is 2.40. The fourth-order valence-electron chi connectivity index (χ4n) is 9.31. The predicted molar refractivity (Wildman–Crippen MR) is 230 cm³/mol. The van der Waals surface area contributed by atoms with Gasteiger partial charge in [-0.05, 0) is 56.8 Å².